The van der Waals surface area contributed by atoms with Crippen molar-refractivity contribution in [1.29, 1.82) is 0 Å². The molecule has 5 nitrogen and oxygen atoms in total. The number of carbonyl (C=O) groups is 1. The molecule has 2 aromatic rings. The summed E-state index contributed by atoms with van der Waals surface area (Å²) in [6, 6.07) is 8.86. The Labute approximate surface area is 130 Å². The van der Waals surface area contributed by atoms with Crippen molar-refractivity contribution >= 4 is 40.5 Å². The molecule has 1 N–H and O–H groups in total. The van der Waals surface area contributed by atoms with Crippen molar-refractivity contribution in [2.24, 2.45) is 0 Å². The summed E-state index contributed by atoms with van der Waals surface area (Å²) in [6.45, 7) is 1.80. The SMILES string of the molecule is Cc1cccc(NC(=O)c2cc([N+](=O)[O-])ccc2Cl)c1Cl. The van der Waals surface area contributed by atoms with Gasteiger partial charge in [0.2, 0.25) is 0 Å². The fourth-order valence-corrected chi connectivity index (χ4v) is 2.11. The summed E-state index contributed by atoms with van der Waals surface area (Å²) in [5.41, 5.74) is 1.03. The first-order valence-corrected chi connectivity index (χ1v) is 6.66. The van der Waals surface area contributed by atoms with E-state index < -0.39 is 10.8 Å². The minimum atomic E-state index is -0.591. The predicted molar refractivity (Wildman–Crippen MR) is 82.2 cm³/mol. The van der Waals surface area contributed by atoms with Gasteiger partial charge in [-0.05, 0) is 24.6 Å². The Hall–Kier alpha value is -2.11. The van der Waals surface area contributed by atoms with Gasteiger partial charge in [0, 0.05) is 12.1 Å². The van der Waals surface area contributed by atoms with Crippen LogP contribution in [0.15, 0.2) is 36.4 Å². The maximum Gasteiger partial charge on any atom is 0.270 e. The van der Waals surface area contributed by atoms with Crippen LogP contribution in [0.4, 0.5) is 11.4 Å². The van der Waals surface area contributed by atoms with Crippen molar-refractivity contribution in [2.75, 3.05) is 5.32 Å². The number of benzene rings is 2. The Morgan fingerprint density at radius 2 is 1.95 bits per heavy atom. The smallest absolute Gasteiger partial charge is 0.270 e. The molecule has 0 spiro atoms. The molecule has 0 radical (unpaired) electrons. The summed E-state index contributed by atoms with van der Waals surface area (Å²) in [5.74, 6) is -0.559. The van der Waals surface area contributed by atoms with Crippen LogP contribution in [0.25, 0.3) is 0 Å². The zero-order chi connectivity index (χ0) is 15.6. The molecule has 0 aromatic heterocycles. The average Bonchev–Trinajstić information content (AvgIpc) is 2.44. The van der Waals surface area contributed by atoms with E-state index in [-0.39, 0.29) is 16.3 Å². The topological polar surface area (TPSA) is 72.2 Å². The molecule has 0 heterocycles. The molecule has 0 fully saturated rings. The van der Waals surface area contributed by atoms with Crippen LogP contribution in [-0.4, -0.2) is 10.8 Å². The van der Waals surface area contributed by atoms with E-state index in [9.17, 15) is 14.9 Å². The van der Waals surface area contributed by atoms with Crippen molar-refractivity contribution in [3.63, 3.8) is 0 Å². The van der Waals surface area contributed by atoms with E-state index >= 15 is 0 Å². The van der Waals surface area contributed by atoms with Crippen LogP contribution in [0.3, 0.4) is 0 Å². The fourth-order valence-electron chi connectivity index (χ4n) is 1.73. The van der Waals surface area contributed by atoms with Crippen LogP contribution >= 0.6 is 23.2 Å². The number of hydrogen-bond donors (Lipinski definition) is 1. The van der Waals surface area contributed by atoms with Crippen molar-refractivity contribution in [3.05, 3.63) is 67.7 Å². The number of aryl methyl sites for hydroxylation is 1. The van der Waals surface area contributed by atoms with E-state index in [1.807, 2.05) is 0 Å². The second kappa shape index (κ2) is 6.11. The van der Waals surface area contributed by atoms with Crippen LogP contribution in [0.2, 0.25) is 10.0 Å². The molecule has 2 aromatic carbocycles. The highest BCUT2D eigenvalue weighted by Crippen LogP contribution is 2.27. The zero-order valence-corrected chi connectivity index (χ0v) is 12.4. The number of nitrogens with zero attached hydrogens (tertiary/aromatic N) is 1. The molecule has 0 unspecified atom stereocenters. The van der Waals surface area contributed by atoms with Crippen molar-refractivity contribution in [2.45, 2.75) is 6.92 Å². The summed E-state index contributed by atoms with van der Waals surface area (Å²) in [5, 5.41) is 13.9. The van der Waals surface area contributed by atoms with E-state index in [2.05, 4.69) is 5.32 Å². The Kier molecular flexibility index (Phi) is 4.45. The highest BCUT2D eigenvalue weighted by Gasteiger charge is 2.17. The number of carbonyl (C=O) groups excluding carboxylic acids is 1. The van der Waals surface area contributed by atoms with Crippen LogP contribution in [0.1, 0.15) is 15.9 Å². The second-order valence-corrected chi connectivity index (χ2v) is 5.10. The highest BCUT2D eigenvalue weighted by molar-refractivity contribution is 6.36. The lowest BCUT2D eigenvalue weighted by Crippen LogP contribution is -2.13. The van der Waals surface area contributed by atoms with E-state index in [1.165, 1.54) is 12.1 Å². The maximum absolute atomic E-state index is 12.2. The largest absolute Gasteiger partial charge is 0.321 e. The predicted octanol–water partition coefficient (Wildman–Crippen LogP) is 4.46. The van der Waals surface area contributed by atoms with Gasteiger partial charge in [0.15, 0.2) is 0 Å². The quantitative estimate of drug-likeness (QED) is 0.669. The van der Waals surface area contributed by atoms with Crippen LogP contribution in [-0.2, 0) is 0 Å². The lowest BCUT2D eigenvalue weighted by Gasteiger charge is -2.09. The standard InChI is InChI=1S/C14H10Cl2N2O3/c1-8-3-2-4-12(13(8)16)17-14(19)10-7-9(18(20)21)5-6-11(10)15/h2-7H,1H3,(H,17,19). The normalized spacial score (nSPS) is 10.2. The first-order valence-electron chi connectivity index (χ1n) is 5.90. The number of amides is 1. The van der Waals surface area contributed by atoms with Crippen LogP contribution in [0, 0.1) is 17.0 Å². The summed E-state index contributed by atoms with van der Waals surface area (Å²) in [6.07, 6.45) is 0. The molecule has 108 valence electrons. The van der Waals surface area contributed by atoms with E-state index in [1.54, 1.807) is 25.1 Å². The molecule has 2 rings (SSSR count). The van der Waals surface area contributed by atoms with Gasteiger partial charge in [0.05, 0.1) is 26.2 Å². The monoisotopic (exact) mass is 324 g/mol. The fraction of sp³-hybridized carbons (Fsp3) is 0.0714. The lowest BCUT2D eigenvalue weighted by molar-refractivity contribution is -0.384. The molecule has 0 aliphatic heterocycles. The number of nitro groups is 1. The molecule has 0 atom stereocenters. The number of rotatable bonds is 3. The van der Waals surface area contributed by atoms with Crippen LogP contribution < -0.4 is 5.32 Å². The van der Waals surface area contributed by atoms with Gasteiger partial charge in [-0.1, -0.05) is 35.3 Å². The number of non-ortho nitro benzene ring substituents is 1. The molecule has 21 heavy (non-hydrogen) atoms. The Morgan fingerprint density at radius 1 is 1.24 bits per heavy atom. The Balaban J connectivity index is 2.34. The molecule has 0 aliphatic carbocycles. The summed E-state index contributed by atoms with van der Waals surface area (Å²) in [7, 11) is 0. The van der Waals surface area contributed by atoms with E-state index in [0.717, 1.165) is 11.6 Å². The third-order valence-corrected chi connectivity index (χ3v) is 3.68. The first-order chi connectivity index (χ1) is 9.90. The zero-order valence-electron chi connectivity index (χ0n) is 10.9. The van der Waals surface area contributed by atoms with Gasteiger partial charge < -0.3 is 5.32 Å². The van der Waals surface area contributed by atoms with Gasteiger partial charge in [-0.2, -0.15) is 0 Å². The first kappa shape index (κ1) is 15.3. The molecule has 1 amide bonds. The van der Waals surface area contributed by atoms with Crippen molar-refractivity contribution < 1.29 is 9.72 Å². The van der Waals surface area contributed by atoms with Crippen molar-refractivity contribution in [1.82, 2.24) is 0 Å². The van der Waals surface area contributed by atoms with Gasteiger partial charge in [0.25, 0.3) is 11.6 Å². The lowest BCUT2D eigenvalue weighted by atomic mass is 10.1. The summed E-state index contributed by atoms with van der Waals surface area (Å²) in [4.78, 5) is 22.4. The molecule has 0 bridgehead atoms. The van der Waals surface area contributed by atoms with Gasteiger partial charge in [0.1, 0.15) is 0 Å². The third-order valence-electron chi connectivity index (χ3n) is 2.85. The average molecular weight is 325 g/mol. The number of nitro benzene ring substituents is 1. The summed E-state index contributed by atoms with van der Waals surface area (Å²) < 4.78 is 0. The van der Waals surface area contributed by atoms with Gasteiger partial charge in [-0.15, -0.1) is 0 Å². The molecule has 7 heteroatoms. The summed E-state index contributed by atoms with van der Waals surface area (Å²) >= 11 is 12.0. The number of nitrogens with one attached hydrogen (secondary N) is 1. The van der Waals surface area contributed by atoms with Crippen LogP contribution in [0.5, 0.6) is 0 Å². The molecular weight excluding hydrogens is 315 g/mol. The molecular formula is C14H10Cl2N2O3. The molecule has 0 saturated heterocycles. The van der Waals surface area contributed by atoms with Crippen molar-refractivity contribution in [3.8, 4) is 0 Å². The molecule has 0 saturated carbocycles. The third kappa shape index (κ3) is 3.32. The van der Waals surface area contributed by atoms with E-state index in [4.69, 9.17) is 23.2 Å². The number of hydrogen-bond acceptors (Lipinski definition) is 3. The van der Waals surface area contributed by atoms with E-state index in [0.29, 0.717) is 10.7 Å². The van der Waals surface area contributed by atoms with Gasteiger partial charge >= 0.3 is 0 Å². The Bertz CT molecular complexity index is 732. The Morgan fingerprint density at radius 3 is 2.62 bits per heavy atom. The molecule has 0 aliphatic rings. The highest BCUT2D eigenvalue weighted by atomic mass is 35.5. The van der Waals surface area contributed by atoms with Gasteiger partial charge in [-0.3, -0.25) is 14.9 Å². The minimum Gasteiger partial charge on any atom is -0.321 e. The number of halogens is 2. The maximum atomic E-state index is 12.2. The number of anilines is 1. The minimum absolute atomic E-state index is 0.0171. The second-order valence-electron chi connectivity index (χ2n) is 4.31. The van der Waals surface area contributed by atoms with Gasteiger partial charge in [-0.25, -0.2) is 0 Å².